The molecule has 0 radical (unpaired) electrons. The maximum atomic E-state index is 12.8. The first-order chi connectivity index (χ1) is 14.6. The van der Waals surface area contributed by atoms with Crippen LogP contribution in [-0.4, -0.2) is 56.9 Å². The minimum Gasteiger partial charge on any atom is -0.352 e. The van der Waals surface area contributed by atoms with Crippen LogP contribution in [0.4, 0.5) is 19.0 Å². The van der Waals surface area contributed by atoms with Gasteiger partial charge in [0.15, 0.2) is 0 Å². The zero-order chi connectivity index (χ0) is 22.6. The molecule has 7 nitrogen and oxygen atoms in total. The zero-order valence-corrected chi connectivity index (χ0v) is 17.8. The Bertz CT molecular complexity index is 1030. The smallest absolute Gasteiger partial charge is 0.352 e. The fourth-order valence-corrected chi connectivity index (χ4v) is 4.46. The van der Waals surface area contributed by atoms with Gasteiger partial charge in [-0.2, -0.15) is 13.2 Å². The van der Waals surface area contributed by atoms with Crippen molar-refractivity contribution in [3.05, 3.63) is 53.2 Å². The molecule has 0 saturated carbocycles. The van der Waals surface area contributed by atoms with Crippen LogP contribution >= 0.6 is 11.6 Å². The summed E-state index contributed by atoms with van der Waals surface area (Å²) >= 11 is 5.98. The van der Waals surface area contributed by atoms with Gasteiger partial charge in [-0.05, 0) is 18.2 Å². The number of anilines is 1. The first-order valence-corrected chi connectivity index (χ1v) is 11.2. The highest BCUT2D eigenvalue weighted by atomic mass is 35.5. The van der Waals surface area contributed by atoms with Crippen LogP contribution < -0.4 is 9.62 Å². The van der Waals surface area contributed by atoms with E-state index in [1.807, 2.05) is 0 Å². The lowest BCUT2D eigenvalue weighted by atomic mass is 10.2. The third-order valence-electron chi connectivity index (χ3n) is 4.77. The van der Waals surface area contributed by atoms with Crippen molar-refractivity contribution in [3.8, 4) is 0 Å². The van der Waals surface area contributed by atoms with Crippen LogP contribution in [0.2, 0.25) is 5.02 Å². The van der Waals surface area contributed by atoms with Crippen molar-refractivity contribution in [2.75, 3.05) is 37.6 Å². The van der Waals surface area contributed by atoms with Gasteiger partial charge in [-0.25, -0.2) is 18.1 Å². The van der Waals surface area contributed by atoms with Gasteiger partial charge in [-0.1, -0.05) is 29.8 Å². The second-order valence-electron chi connectivity index (χ2n) is 6.86. The molecule has 1 N–H and O–H groups in total. The van der Waals surface area contributed by atoms with Crippen LogP contribution in [0.3, 0.4) is 0 Å². The maximum Gasteiger partial charge on any atom is 0.417 e. The predicted octanol–water partition coefficient (Wildman–Crippen LogP) is 2.77. The van der Waals surface area contributed by atoms with E-state index < -0.39 is 21.8 Å². The summed E-state index contributed by atoms with van der Waals surface area (Å²) in [5.41, 5.74) is -0.923. The van der Waals surface area contributed by atoms with Gasteiger partial charge < -0.3 is 9.80 Å². The summed E-state index contributed by atoms with van der Waals surface area (Å²) < 4.78 is 65.0. The van der Waals surface area contributed by atoms with E-state index in [0.717, 1.165) is 12.3 Å². The maximum absolute atomic E-state index is 12.8. The number of piperazine rings is 1. The minimum absolute atomic E-state index is 0.00858. The lowest BCUT2D eigenvalue weighted by molar-refractivity contribution is -0.137. The number of benzene rings is 1. The van der Waals surface area contributed by atoms with Crippen LogP contribution in [0, 0.1) is 0 Å². The molecule has 31 heavy (non-hydrogen) atoms. The van der Waals surface area contributed by atoms with Crippen molar-refractivity contribution < 1.29 is 26.4 Å². The second kappa shape index (κ2) is 9.41. The molecule has 12 heteroatoms. The van der Waals surface area contributed by atoms with Crippen LogP contribution in [0.15, 0.2) is 47.5 Å². The van der Waals surface area contributed by atoms with E-state index in [-0.39, 0.29) is 34.6 Å². The number of pyridine rings is 1. The number of hydrogen-bond acceptors (Lipinski definition) is 5. The number of alkyl halides is 3. The Morgan fingerprint density at radius 3 is 2.35 bits per heavy atom. The van der Waals surface area contributed by atoms with Crippen molar-refractivity contribution >= 4 is 33.3 Å². The molecule has 1 saturated heterocycles. The number of carbonyl (C=O) groups is 1. The lowest BCUT2D eigenvalue weighted by Gasteiger charge is -2.36. The first-order valence-electron chi connectivity index (χ1n) is 9.38. The van der Waals surface area contributed by atoms with Gasteiger partial charge in [-0.15, -0.1) is 0 Å². The van der Waals surface area contributed by atoms with E-state index in [4.69, 9.17) is 11.6 Å². The molecule has 1 aromatic carbocycles. The van der Waals surface area contributed by atoms with E-state index in [1.165, 1.54) is 12.1 Å². The standard InChI is InChI=1S/C19H20ClF3N4O3S/c20-16-12-14(19(21,22)23)13-24-18(16)27-10-8-26(9-11-27)17(28)6-7-25-31(29,30)15-4-2-1-3-5-15/h1-5,12-13,25H,6-11H2. The molecule has 1 aliphatic rings. The molecule has 2 aromatic rings. The summed E-state index contributed by atoms with van der Waals surface area (Å²) in [7, 11) is -3.68. The SMILES string of the molecule is O=C(CCNS(=O)(=O)c1ccccc1)N1CCN(c2ncc(C(F)(F)F)cc2Cl)CC1. The van der Waals surface area contributed by atoms with Gasteiger partial charge in [0, 0.05) is 45.3 Å². The molecular formula is C19H20ClF3N4O3S. The van der Waals surface area contributed by atoms with Crippen LogP contribution in [0.5, 0.6) is 0 Å². The second-order valence-corrected chi connectivity index (χ2v) is 9.03. The largest absolute Gasteiger partial charge is 0.417 e. The fourth-order valence-electron chi connectivity index (χ4n) is 3.12. The fraction of sp³-hybridized carbons (Fsp3) is 0.368. The van der Waals surface area contributed by atoms with Gasteiger partial charge in [0.25, 0.3) is 0 Å². The highest BCUT2D eigenvalue weighted by Crippen LogP contribution is 2.33. The van der Waals surface area contributed by atoms with Crippen LogP contribution in [-0.2, 0) is 21.0 Å². The van der Waals surface area contributed by atoms with Gasteiger partial charge in [0.2, 0.25) is 15.9 Å². The number of nitrogens with one attached hydrogen (secondary N) is 1. The highest BCUT2D eigenvalue weighted by molar-refractivity contribution is 7.89. The Hall–Kier alpha value is -2.37. The van der Waals surface area contributed by atoms with E-state index in [2.05, 4.69) is 9.71 Å². The van der Waals surface area contributed by atoms with Crippen molar-refractivity contribution in [2.24, 2.45) is 0 Å². The monoisotopic (exact) mass is 476 g/mol. The molecule has 168 valence electrons. The predicted molar refractivity (Wildman–Crippen MR) is 109 cm³/mol. The summed E-state index contributed by atoms with van der Waals surface area (Å²) in [5, 5.41) is -0.107. The molecule has 0 aliphatic carbocycles. The van der Waals surface area contributed by atoms with Gasteiger partial charge >= 0.3 is 6.18 Å². The van der Waals surface area contributed by atoms with Gasteiger partial charge in [-0.3, -0.25) is 4.79 Å². The molecule has 1 aliphatic heterocycles. The van der Waals surface area contributed by atoms with Gasteiger partial charge in [0.05, 0.1) is 15.5 Å². The first kappa shape index (κ1) is 23.3. The minimum atomic E-state index is -4.53. The number of nitrogens with zero attached hydrogens (tertiary/aromatic N) is 3. The summed E-state index contributed by atoms with van der Waals surface area (Å²) in [6.45, 7) is 1.30. The van der Waals surface area contributed by atoms with Crippen LogP contribution in [0.25, 0.3) is 0 Å². The third kappa shape index (κ3) is 5.86. The molecule has 2 heterocycles. The van der Waals surface area contributed by atoms with Crippen molar-refractivity contribution in [2.45, 2.75) is 17.5 Å². The van der Waals surface area contributed by atoms with E-state index in [1.54, 1.807) is 28.0 Å². The average molecular weight is 477 g/mol. The number of sulfonamides is 1. The molecule has 0 bridgehead atoms. The molecule has 1 aromatic heterocycles. The Morgan fingerprint density at radius 2 is 1.77 bits per heavy atom. The molecule has 1 amide bonds. The number of aromatic nitrogens is 1. The number of rotatable bonds is 6. The molecule has 1 fully saturated rings. The van der Waals surface area contributed by atoms with Crippen molar-refractivity contribution in [3.63, 3.8) is 0 Å². The van der Waals surface area contributed by atoms with E-state index >= 15 is 0 Å². The molecule has 0 unspecified atom stereocenters. The van der Waals surface area contributed by atoms with E-state index in [9.17, 15) is 26.4 Å². The Morgan fingerprint density at radius 1 is 1.13 bits per heavy atom. The number of halogens is 4. The van der Waals surface area contributed by atoms with Gasteiger partial charge in [0.1, 0.15) is 5.82 Å². The van der Waals surface area contributed by atoms with Crippen molar-refractivity contribution in [1.29, 1.82) is 0 Å². The highest BCUT2D eigenvalue weighted by Gasteiger charge is 2.32. The Kier molecular flexibility index (Phi) is 7.07. The van der Waals surface area contributed by atoms with Crippen molar-refractivity contribution in [1.82, 2.24) is 14.6 Å². The summed E-state index contributed by atoms with van der Waals surface area (Å²) in [4.78, 5) is 19.6. The number of hydrogen-bond donors (Lipinski definition) is 1. The molecular weight excluding hydrogens is 457 g/mol. The zero-order valence-electron chi connectivity index (χ0n) is 16.3. The Labute approximate surface area is 182 Å². The third-order valence-corrected chi connectivity index (χ3v) is 6.52. The number of amides is 1. The molecule has 3 rings (SSSR count). The molecule has 0 spiro atoms. The average Bonchev–Trinajstić information content (AvgIpc) is 2.73. The summed E-state index contributed by atoms with van der Waals surface area (Å²) in [6, 6.07) is 8.68. The quantitative estimate of drug-likeness (QED) is 0.693. The topological polar surface area (TPSA) is 82.6 Å². The van der Waals surface area contributed by atoms with E-state index in [0.29, 0.717) is 26.2 Å². The Balaban J connectivity index is 1.50. The number of carbonyl (C=O) groups excluding carboxylic acids is 1. The summed E-state index contributed by atoms with van der Waals surface area (Å²) in [5.74, 6) is 0.0132. The molecule has 0 atom stereocenters. The lowest BCUT2D eigenvalue weighted by Crippen LogP contribution is -2.49. The normalized spacial score (nSPS) is 15.2. The summed E-state index contributed by atoms with van der Waals surface area (Å²) in [6.07, 6.45) is -3.80. The van der Waals surface area contributed by atoms with Crippen LogP contribution in [0.1, 0.15) is 12.0 Å².